The van der Waals surface area contributed by atoms with Gasteiger partial charge in [-0.05, 0) is 49.1 Å². The normalized spacial score (nSPS) is 13.1. The van der Waals surface area contributed by atoms with Crippen LogP contribution in [-0.2, 0) is 12.8 Å². The molecule has 1 aromatic carbocycles. The number of halogens is 1. The molecule has 3 heterocycles. The lowest BCUT2D eigenvalue weighted by molar-refractivity contribution is 0.432. The number of aryl methyl sites for hydroxylation is 2. The number of para-hydroxylation sites is 1. The van der Waals surface area contributed by atoms with E-state index in [1.807, 2.05) is 12.1 Å². The van der Waals surface area contributed by atoms with E-state index in [-0.39, 0.29) is 5.75 Å². The van der Waals surface area contributed by atoms with Crippen molar-refractivity contribution in [3.05, 3.63) is 65.0 Å². The molecule has 26 heavy (non-hydrogen) atoms. The van der Waals surface area contributed by atoms with E-state index in [9.17, 15) is 4.39 Å². The summed E-state index contributed by atoms with van der Waals surface area (Å²) < 4.78 is 20.1. The Balaban J connectivity index is 1.72. The van der Waals surface area contributed by atoms with E-state index >= 15 is 0 Å². The third-order valence-electron chi connectivity index (χ3n) is 4.49. The van der Waals surface area contributed by atoms with Gasteiger partial charge in [-0.25, -0.2) is 9.37 Å². The van der Waals surface area contributed by atoms with E-state index < -0.39 is 5.82 Å². The predicted molar refractivity (Wildman–Crippen MR) is 99.1 cm³/mol. The van der Waals surface area contributed by atoms with Gasteiger partial charge in [-0.3, -0.25) is 4.98 Å². The van der Waals surface area contributed by atoms with Crippen LogP contribution in [0.1, 0.15) is 16.9 Å². The molecule has 5 rings (SSSR count). The highest BCUT2D eigenvalue weighted by Crippen LogP contribution is 2.42. The van der Waals surface area contributed by atoms with Crippen LogP contribution in [0, 0.1) is 5.82 Å². The number of hydrogen-bond acceptors (Lipinski definition) is 5. The number of benzene rings is 1. The molecule has 0 amide bonds. The fourth-order valence-corrected chi connectivity index (χ4v) is 4.54. The van der Waals surface area contributed by atoms with E-state index in [1.54, 1.807) is 41.9 Å². The number of rotatable bonds is 3. The van der Waals surface area contributed by atoms with Crippen LogP contribution in [0.2, 0.25) is 0 Å². The molecule has 0 saturated heterocycles. The molecule has 0 saturated carbocycles. The monoisotopic (exact) mass is 363 g/mol. The highest BCUT2D eigenvalue weighted by molar-refractivity contribution is 7.19. The van der Waals surface area contributed by atoms with Crippen LogP contribution in [0.3, 0.4) is 0 Å². The first-order chi connectivity index (χ1) is 12.8. The fraction of sp³-hybridized carbons (Fsp3) is 0.150. The number of fused-ring (bicyclic) bond motifs is 3. The molecule has 4 aromatic rings. The van der Waals surface area contributed by atoms with Gasteiger partial charge in [0, 0.05) is 22.8 Å². The van der Waals surface area contributed by atoms with Gasteiger partial charge in [0.25, 0.3) is 0 Å². The van der Waals surface area contributed by atoms with Crippen LogP contribution in [0.25, 0.3) is 21.6 Å². The molecular formula is C20H14FN3OS. The van der Waals surface area contributed by atoms with Crippen LogP contribution in [0.15, 0.2) is 48.8 Å². The summed E-state index contributed by atoms with van der Waals surface area (Å²) in [6.45, 7) is 0. The molecule has 0 bridgehead atoms. The summed E-state index contributed by atoms with van der Waals surface area (Å²) in [6.07, 6.45) is 6.59. The van der Waals surface area contributed by atoms with Gasteiger partial charge in [0.15, 0.2) is 17.4 Å². The molecule has 0 spiro atoms. The summed E-state index contributed by atoms with van der Waals surface area (Å²) in [4.78, 5) is 15.7. The van der Waals surface area contributed by atoms with Gasteiger partial charge in [-0.15, -0.1) is 11.3 Å². The average Bonchev–Trinajstić information content (AvgIpc) is 3.25. The Morgan fingerprint density at radius 2 is 1.96 bits per heavy atom. The van der Waals surface area contributed by atoms with E-state index in [2.05, 4.69) is 9.97 Å². The van der Waals surface area contributed by atoms with Crippen LogP contribution >= 0.6 is 11.3 Å². The summed E-state index contributed by atoms with van der Waals surface area (Å²) >= 11 is 1.68. The number of pyridine rings is 1. The molecule has 0 unspecified atom stereocenters. The maximum atomic E-state index is 14.1. The van der Waals surface area contributed by atoms with Crippen molar-refractivity contribution in [3.63, 3.8) is 0 Å². The molecule has 128 valence electrons. The highest BCUT2D eigenvalue weighted by Gasteiger charge is 2.24. The van der Waals surface area contributed by atoms with Gasteiger partial charge in [-0.1, -0.05) is 12.1 Å². The Hall–Kier alpha value is -2.86. The maximum absolute atomic E-state index is 14.1. The lowest BCUT2D eigenvalue weighted by atomic mass is 10.2. The first-order valence-corrected chi connectivity index (χ1v) is 9.26. The second-order valence-corrected chi connectivity index (χ2v) is 7.25. The quantitative estimate of drug-likeness (QED) is 0.504. The number of thiophene rings is 1. The molecule has 1 aliphatic rings. The van der Waals surface area contributed by atoms with Gasteiger partial charge in [0.2, 0.25) is 5.88 Å². The minimum absolute atomic E-state index is 0.169. The van der Waals surface area contributed by atoms with Crippen molar-refractivity contribution in [3.8, 4) is 23.0 Å². The minimum atomic E-state index is -0.408. The van der Waals surface area contributed by atoms with Gasteiger partial charge in [-0.2, -0.15) is 4.98 Å². The largest absolute Gasteiger partial charge is 0.435 e. The lowest BCUT2D eigenvalue weighted by Gasteiger charge is -2.10. The van der Waals surface area contributed by atoms with Crippen LogP contribution in [0.5, 0.6) is 11.6 Å². The van der Waals surface area contributed by atoms with Crippen molar-refractivity contribution < 1.29 is 9.13 Å². The smallest absolute Gasteiger partial charge is 0.232 e. The van der Waals surface area contributed by atoms with Crippen molar-refractivity contribution in [2.75, 3.05) is 0 Å². The first kappa shape index (κ1) is 15.4. The molecule has 1 aliphatic carbocycles. The highest BCUT2D eigenvalue weighted by atomic mass is 32.1. The van der Waals surface area contributed by atoms with Crippen LogP contribution < -0.4 is 4.74 Å². The van der Waals surface area contributed by atoms with Crippen LogP contribution in [0.4, 0.5) is 4.39 Å². The zero-order valence-corrected chi connectivity index (χ0v) is 14.6. The Kier molecular flexibility index (Phi) is 3.64. The Bertz CT molecular complexity index is 1110. The molecule has 0 fully saturated rings. The minimum Gasteiger partial charge on any atom is -0.435 e. The van der Waals surface area contributed by atoms with Crippen molar-refractivity contribution >= 4 is 21.6 Å². The molecule has 0 aliphatic heterocycles. The number of ether oxygens (including phenoxy) is 1. The molecule has 6 heteroatoms. The van der Waals surface area contributed by atoms with Gasteiger partial charge >= 0.3 is 0 Å². The molecule has 3 aromatic heterocycles. The zero-order chi connectivity index (χ0) is 17.5. The van der Waals surface area contributed by atoms with Gasteiger partial charge in [0.05, 0.1) is 5.39 Å². The average molecular weight is 363 g/mol. The number of hydrogen-bond donors (Lipinski definition) is 0. The zero-order valence-electron chi connectivity index (χ0n) is 13.8. The topological polar surface area (TPSA) is 47.9 Å². The SMILES string of the molecule is Fc1ccccc1Oc1nc(-c2cccnc2)nc2sc3c(c12)CCC3. The van der Waals surface area contributed by atoms with E-state index in [4.69, 9.17) is 9.72 Å². The Morgan fingerprint density at radius 1 is 1.04 bits per heavy atom. The van der Waals surface area contributed by atoms with E-state index in [0.29, 0.717) is 11.7 Å². The molecule has 0 N–H and O–H groups in total. The van der Waals surface area contributed by atoms with Crippen molar-refractivity contribution in [1.82, 2.24) is 15.0 Å². The third-order valence-corrected chi connectivity index (χ3v) is 5.68. The third kappa shape index (κ3) is 2.54. The predicted octanol–water partition coefficient (Wildman–Crippen LogP) is 5.17. The van der Waals surface area contributed by atoms with Crippen molar-refractivity contribution in [1.29, 1.82) is 0 Å². The number of nitrogens with zero attached hydrogens (tertiary/aromatic N) is 3. The molecule has 0 atom stereocenters. The number of aromatic nitrogens is 3. The Morgan fingerprint density at radius 3 is 2.81 bits per heavy atom. The Labute approximate surface area is 153 Å². The summed E-state index contributed by atoms with van der Waals surface area (Å²) in [6, 6.07) is 10.1. The van der Waals surface area contributed by atoms with Crippen molar-refractivity contribution in [2.24, 2.45) is 0 Å². The summed E-state index contributed by atoms with van der Waals surface area (Å²) in [5.41, 5.74) is 2.05. The first-order valence-electron chi connectivity index (χ1n) is 8.44. The fourth-order valence-electron chi connectivity index (χ4n) is 3.29. The molecular weight excluding hydrogens is 349 g/mol. The second kappa shape index (κ2) is 6.14. The lowest BCUT2D eigenvalue weighted by Crippen LogP contribution is -1.97. The summed E-state index contributed by atoms with van der Waals surface area (Å²) in [7, 11) is 0. The molecule has 4 nitrogen and oxygen atoms in total. The van der Waals surface area contributed by atoms with Crippen LogP contribution in [-0.4, -0.2) is 15.0 Å². The standard InChI is InChI=1S/C20H14FN3OS/c21-14-7-1-2-8-15(14)25-19-17-13-6-3-9-16(13)26-20(17)24-18(23-19)12-5-4-10-22-11-12/h1-2,4-5,7-8,10-11H,3,6,9H2. The summed E-state index contributed by atoms with van der Waals surface area (Å²) in [5, 5.41) is 0.915. The van der Waals surface area contributed by atoms with Crippen molar-refractivity contribution in [2.45, 2.75) is 19.3 Å². The van der Waals surface area contributed by atoms with E-state index in [1.165, 1.54) is 16.5 Å². The summed E-state index contributed by atoms with van der Waals surface area (Å²) in [5.74, 6) is 0.715. The van der Waals surface area contributed by atoms with Gasteiger partial charge < -0.3 is 4.74 Å². The molecule has 0 radical (unpaired) electrons. The van der Waals surface area contributed by atoms with E-state index in [0.717, 1.165) is 35.0 Å². The van der Waals surface area contributed by atoms with Gasteiger partial charge in [0.1, 0.15) is 4.83 Å². The maximum Gasteiger partial charge on any atom is 0.232 e. The second-order valence-electron chi connectivity index (χ2n) is 6.16.